The summed E-state index contributed by atoms with van der Waals surface area (Å²) < 4.78 is 5.10. The fourth-order valence-corrected chi connectivity index (χ4v) is 3.02. The van der Waals surface area contributed by atoms with Crippen molar-refractivity contribution in [1.82, 2.24) is 5.32 Å². The minimum absolute atomic E-state index is 0.0569. The van der Waals surface area contributed by atoms with Crippen LogP contribution in [-0.2, 0) is 4.79 Å². The molecule has 1 aliphatic rings. The SMILES string of the molecule is COc1ccc(NC(=O)c2ccc(NCC(=O)NC(C)(C#N)C3CC3)cc2)cc1. The van der Waals surface area contributed by atoms with E-state index in [0.29, 0.717) is 16.9 Å². The molecular weight excluding hydrogens is 368 g/mol. The number of hydrogen-bond donors (Lipinski definition) is 3. The van der Waals surface area contributed by atoms with E-state index in [1.165, 1.54) is 0 Å². The Morgan fingerprint density at radius 3 is 2.28 bits per heavy atom. The number of nitrogens with one attached hydrogen (secondary N) is 3. The fourth-order valence-electron chi connectivity index (χ4n) is 3.02. The van der Waals surface area contributed by atoms with Gasteiger partial charge in [0.2, 0.25) is 5.91 Å². The van der Waals surface area contributed by atoms with Crippen LogP contribution >= 0.6 is 0 Å². The average molecular weight is 392 g/mol. The molecule has 0 aliphatic heterocycles. The zero-order chi connectivity index (χ0) is 20.9. The molecule has 150 valence electrons. The molecule has 2 amide bonds. The molecular formula is C22H24N4O3. The largest absolute Gasteiger partial charge is 0.497 e. The number of rotatable bonds is 8. The number of amides is 2. The van der Waals surface area contributed by atoms with Gasteiger partial charge < -0.3 is 20.7 Å². The van der Waals surface area contributed by atoms with Crippen molar-refractivity contribution >= 4 is 23.2 Å². The summed E-state index contributed by atoms with van der Waals surface area (Å²) in [6.45, 7) is 1.82. The highest BCUT2D eigenvalue weighted by atomic mass is 16.5. The summed E-state index contributed by atoms with van der Waals surface area (Å²) >= 11 is 0. The Morgan fingerprint density at radius 1 is 1.10 bits per heavy atom. The summed E-state index contributed by atoms with van der Waals surface area (Å²) in [5.74, 6) is 0.491. The van der Waals surface area contributed by atoms with Crippen LogP contribution in [-0.4, -0.2) is 31.0 Å². The second kappa shape index (κ2) is 8.65. The van der Waals surface area contributed by atoms with Gasteiger partial charge in [-0.3, -0.25) is 9.59 Å². The van der Waals surface area contributed by atoms with Gasteiger partial charge in [0.25, 0.3) is 5.91 Å². The third-order valence-electron chi connectivity index (χ3n) is 4.97. The van der Waals surface area contributed by atoms with Crippen molar-refractivity contribution in [2.45, 2.75) is 25.3 Å². The summed E-state index contributed by atoms with van der Waals surface area (Å²) in [5.41, 5.74) is 1.08. The number of benzene rings is 2. The van der Waals surface area contributed by atoms with E-state index in [1.807, 2.05) is 0 Å². The number of methoxy groups -OCH3 is 1. The number of ether oxygens (including phenoxy) is 1. The molecule has 0 radical (unpaired) electrons. The molecule has 7 heteroatoms. The monoisotopic (exact) mass is 392 g/mol. The Balaban J connectivity index is 1.51. The van der Waals surface area contributed by atoms with Crippen LogP contribution in [0, 0.1) is 17.2 Å². The summed E-state index contributed by atoms with van der Waals surface area (Å²) in [4.78, 5) is 24.5. The van der Waals surface area contributed by atoms with E-state index >= 15 is 0 Å². The van der Waals surface area contributed by atoms with E-state index in [0.717, 1.165) is 18.6 Å². The Hall–Kier alpha value is -3.53. The Morgan fingerprint density at radius 2 is 1.72 bits per heavy atom. The average Bonchev–Trinajstić information content (AvgIpc) is 3.59. The van der Waals surface area contributed by atoms with Crippen LogP contribution in [0.25, 0.3) is 0 Å². The van der Waals surface area contributed by atoms with Crippen molar-refractivity contribution < 1.29 is 14.3 Å². The van der Waals surface area contributed by atoms with Crippen LogP contribution in [0.2, 0.25) is 0 Å². The molecule has 1 fully saturated rings. The lowest BCUT2D eigenvalue weighted by molar-refractivity contribution is -0.120. The van der Waals surface area contributed by atoms with Crippen molar-refractivity contribution in [2.75, 3.05) is 24.3 Å². The maximum atomic E-state index is 12.3. The van der Waals surface area contributed by atoms with Gasteiger partial charge in [0.05, 0.1) is 19.7 Å². The second-order valence-corrected chi connectivity index (χ2v) is 7.25. The number of nitrogens with zero attached hydrogens (tertiary/aromatic N) is 1. The molecule has 0 spiro atoms. The third kappa shape index (κ3) is 5.26. The van der Waals surface area contributed by atoms with E-state index in [9.17, 15) is 14.9 Å². The normalized spacial score (nSPS) is 14.8. The van der Waals surface area contributed by atoms with Gasteiger partial charge in [-0.1, -0.05) is 0 Å². The predicted molar refractivity (Wildman–Crippen MR) is 111 cm³/mol. The summed E-state index contributed by atoms with van der Waals surface area (Å²) in [6.07, 6.45) is 1.94. The number of nitriles is 1. The van der Waals surface area contributed by atoms with E-state index < -0.39 is 5.54 Å². The summed E-state index contributed by atoms with van der Waals surface area (Å²) in [7, 11) is 1.59. The van der Waals surface area contributed by atoms with Crippen LogP contribution in [0.1, 0.15) is 30.1 Å². The van der Waals surface area contributed by atoms with Crippen LogP contribution < -0.4 is 20.7 Å². The molecule has 1 aliphatic carbocycles. The zero-order valence-electron chi connectivity index (χ0n) is 16.5. The molecule has 2 aromatic rings. The predicted octanol–water partition coefficient (Wildman–Crippen LogP) is 3.17. The maximum absolute atomic E-state index is 12.3. The molecule has 29 heavy (non-hydrogen) atoms. The highest BCUT2D eigenvalue weighted by Crippen LogP contribution is 2.39. The van der Waals surface area contributed by atoms with Crippen LogP contribution in [0.15, 0.2) is 48.5 Å². The molecule has 3 N–H and O–H groups in total. The lowest BCUT2D eigenvalue weighted by atomic mass is 9.98. The third-order valence-corrected chi connectivity index (χ3v) is 4.97. The van der Waals surface area contributed by atoms with Gasteiger partial charge in [-0.15, -0.1) is 0 Å². The quantitative estimate of drug-likeness (QED) is 0.640. The molecule has 7 nitrogen and oxygen atoms in total. The van der Waals surface area contributed by atoms with E-state index in [2.05, 4.69) is 22.0 Å². The van der Waals surface area contributed by atoms with Gasteiger partial charge in [-0.25, -0.2) is 0 Å². The smallest absolute Gasteiger partial charge is 0.255 e. The topological polar surface area (TPSA) is 103 Å². The molecule has 2 aromatic carbocycles. The Kier molecular flexibility index (Phi) is 6.03. The van der Waals surface area contributed by atoms with Crippen LogP contribution in [0.4, 0.5) is 11.4 Å². The lowest BCUT2D eigenvalue weighted by Gasteiger charge is -2.23. The highest BCUT2D eigenvalue weighted by Gasteiger charge is 2.42. The van der Waals surface area contributed by atoms with Crippen molar-refractivity contribution in [3.05, 3.63) is 54.1 Å². The minimum atomic E-state index is -0.803. The summed E-state index contributed by atoms with van der Waals surface area (Å²) in [5, 5.41) is 17.9. The Bertz CT molecular complexity index is 915. The van der Waals surface area contributed by atoms with Gasteiger partial charge in [0.15, 0.2) is 0 Å². The number of carbonyl (C=O) groups is 2. The molecule has 0 bridgehead atoms. The van der Waals surface area contributed by atoms with Gasteiger partial charge in [0.1, 0.15) is 11.3 Å². The fraction of sp³-hybridized carbons (Fsp3) is 0.318. The molecule has 0 aromatic heterocycles. The van der Waals surface area contributed by atoms with E-state index in [-0.39, 0.29) is 24.3 Å². The standard InChI is InChI=1S/C22H24N4O3/c1-22(14-23,16-5-6-16)26-20(27)13-24-17-7-3-15(4-8-17)21(28)25-18-9-11-19(29-2)12-10-18/h3-4,7-12,16,24H,5-6,13H2,1-2H3,(H,25,28)(H,26,27). The van der Waals surface area contributed by atoms with E-state index in [1.54, 1.807) is 62.6 Å². The van der Waals surface area contributed by atoms with E-state index in [4.69, 9.17) is 4.74 Å². The van der Waals surface area contributed by atoms with Gasteiger partial charge >= 0.3 is 0 Å². The lowest BCUT2D eigenvalue weighted by Crippen LogP contribution is -2.48. The minimum Gasteiger partial charge on any atom is -0.497 e. The second-order valence-electron chi connectivity index (χ2n) is 7.25. The first kappa shape index (κ1) is 20.2. The zero-order valence-corrected chi connectivity index (χ0v) is 16.5. The first-order chi connectivity index (χ1) is 13.9. The van der Waals surface area contributed by atoms with Crippen molar-refractivity contribution in [3.63, 3.8) is 0 Å². The molecule has 1 atom stereocenters. The first-order valence-electron chi connectivity index (χ1n) is 9.45. The molecule has 1 saturated carbocycles. The maximum Gasteiger partial charge on any atom is 0.255 e. The van der Waals surface area contributed by atoms with Crippen molar-refractivity contribution in [1.29, 1.82) is 5.26 Å². The highest BCUT2D eigenvalue weighted by molar-refractivity contribution is 6.04. The molecule has 1 unspecified atom stereocenters. The van der Waals surface area contributed by atoms with Crippen molar-refractivity contribution in [2.24, 2.45) is 5.92 Å². The summed E-state index contributed by atoms with van der Waals surface area (Å²) in [6, 6.07) is 16.1. The first-order valence-corrected chi connectivity index (χ1v) is 9.45. The molecule has 0 saturated heterocycles. The Labute approximate surface area is 170 Å². The number of anilines is 2. The number of carbonyl (C=O) groups excluding carboxylic acids is 2. The van der Waals surface area contributed by atoms with Crippen LogP contribution in [0.5, 0.6) is 5.75 Å². The molecule has 0 heterocycles. The molecule has 3 rings (SSSR count). The van der Waals surface area contributed by atoms with Gasteiger partial charge in [0, 0.05) is 16.9 Å². The van der Waals surface area contributed by atoms with Crippen molar-refractivity contribution in [3.8, 4) is 11.8 Å². The van der Waals surface area contributed by atoms with Crippen LogP contribution in [0.3, 0.4) is 0 Å². The van der Waals surface area contributed by atoms with Gasteiger partial charge in [-0.05, 0) is 74.2 Å². The van der Waals surface area contributed by atoms with Gasteiger partial charge in [-0.2, -0.15) is 5.26 Å². The number of hydrogen-bond acceptors (Lipinski definition) is 5.